The van der Waals surface area contributed by atoms with Crippen molar-refractivity contribution in [3.05, 3.63) is 60.2 Å². The third kappa shape index (κ3) is 6.12. The van der Waals surface area contributed by atoms with Gasteiger partial charge >= 0.3 is 0 Å². The van der Waals surface area contributed by atoms with E-state index in [2.05, 4.69) is 15.8 Å². The molecule has 0 heterocycles. The maximum absolute atomic E-state index is 11.7. The van der Waals surface area contributed by atoms with E-state index < -0.39 is 0 Å². The Hall–Kier alpha value is -2.82. The van der Waals surface area contributed by atoms with Crippen LogP contribution in [0.2, 0.25) is 0 Å². The largest absolute Gasteiger partial charge is 0.385 e. The highest BCUT2D eigenvalue weighted by Gasteiger charge is 1.99. The van der Waals surface area contributed by atoms with Crippen molar-refractivity contribution in [1.29, 1.82) is 0 Å². The molecule has 0 bridgehead atoms. The Balaban J connectivity index is 1.65. The van der Waals surface area contributed by atoms with E-state index >= 15 is 0 Å². The molecule has 0 aliphatic rings. The Labute approximate surface area is 143 Å². The fourth-order valence-electron chi connectivity index (χ4n) is 2.13. The van der Waals surface area contributed by atoms with Gasteiger partial charge in [-0.3, -0.25) is 4.79 Å². The zero-order valence-corrected chi connectivity index (χ0v) is 14.2. The van der Waals surface area contributed by atoms with Gasteiger partial charge in [-0.2, -0.15) is 5.10 Å². The molecule has 2 aromatic rings. The van der Waals surface area contributed by atoms with Crippen LogP contribution in [0.5, 0.6) is 0 Å². The topological polar surface area (TPSA) is 56.7 Å². The van der Waals surface area contributed by atoms with Gasteiger partial charge in [-0.1, -0.05) is 30.3 Å². The number of para-hydroxylation sites is 1. The van der Waals surface area contributed by atoms with Gasteiger partial charge in [-0.25, -0.2) is 5.43 Å². The summed E-state index contributed by atoms with van der Waals surface area (Å²) < 4.78 is 0. The molecule has 0 unspecified atom stereocenters. The molecule has 0 saturated heterocycles. The molecular formula is C19H24N4O. The highest BCUT2D eigenvalue weighted by Crippen LogP contribution is 2.10. The van der Waals surface area contributed by atoms with E-state index in [-0.39, 0.29) is 5.91 Å². The lowest BCUT2D eigenvalue weighted by Gasteiger charge is -2.11. The lowest BCUT2D eigenvalue weighted by molar-refractivity contribution is -0.121. The number of nitrogens with one attached hydrogen (secondary N) is 2. The summed E-state index contributed by atoms with van der Waals surface area (Å²) in [6, 6.07) is 17.9. The minimum absolute atomic E-state index is 0.0778. The third-order valence-corrected chi connectivity index (χ3v) is 3.50. The number of hydrazone groups is 1. The van der Waals surface area contributed by atoms with Crippen LogP contribution in [0.25, 0.3) is 0 Å². The van der Waals surface area contributed by atoms with Gasteiger partial charge in [-0.05, 0) is 36.2 Å². The van der Waals surface area contributed by atoms with Crippen LogP contribution in [0.1, 0.15) is 18.4 Å². The predicted octanol–water partition coefficient (Wildman–Crippen LogP) is 3.10. The van der Waals surface area contributed by atoms with Gasteiger partial charge in [0.05, 0.1) is 6.21 Å². The fraction of sp³-hybridized carbons (Fsp3) is 0.263. The first-order chi connectivity index (χ1) is 11.6. The number of hydrogen-bond donors (Lipinski definition) is 2. The minimum Gasteiger partial charge on any atom is -0.385 e. The Bertz CT molecular complexity index is 651. The maximum atomic E-state index is 11.7. The number of benzene rings is 2. The van der Waals surface area contributed by atoms with Crippen LogP contribution in [0.3, 0.4) is 0 Å². The summed E-state index contributed by atoms with van der Waals surface area (Å²) in [5.41, 5.74) is 5.70. The van der Waals surface area contributed by atoms with Crippen molar-refractivity contribution in [3.63, 3.8) is 0 Å². The summed E-state index contributed by atoms with van der Waals surface area (Å²) in [7, 11) is 3.99. The SMILES string of the molecule is CN(C)c1ccc(C=NNC(=O)CCCNc2ccccc2)cc1. The number of carbonyl (C=O) groups is 1. The molecule has 1 amide bonds. The molecule has 2 rings (SSSR count). The molecule has 126 valence electrons. The minimum atomic E-state index is -0.0778. The van der Waals surface area contributed by atoms with E-state index in [0.717, 1.165) is 29.9 Å². The zero-order valence-electron chi connectivity index (χ0n) is 14.2. The number of amides is 1. The molecule has 5 heteroatoms. The Morgan fingerprint density at radius 3 is 2.46 bits per heavy atom. The average molecular weight is 324 g/mol. The Kier molecular flexibility index (Phi) is 6.83. The molecule has 2 N–H and O–H groups in total. The van der Waals surface area contributed by atoms with Gasteiger partial charge < -0.3 is 10.2 Å². The fourth-order valence-corrected chi connectivity index (χ4v) is 2.13. The first-order valence-corrected chi connectivity index (χ1v) is 8.03. The van der Waals surface area contributed by atoms with E-state index in [4.69, 9.17) is 0 Å². The van der Waals surface area contributed by atoms with Crippen LogP contribution in [0, 0.1) is 0 Å². The Morgan fingerprint density at radius 1 is 1.08 bits per heavy atom. The molecule has 0 fully saturated rings. The molecular weight excluding hydrogens is 300 g/mol. The van der Waals surface area contributed by atoms with E-state index in [0.29, 0.717) is 6.42 Å². The maximum Gasteiger partial charge on any atom is 0.240 e. The number of anilines is 2. The summed E-state index contributed by atoms with van der Waals surface area (Å²) in [5, 5.41) is 7.27. The molecule has 0 saturated carbocycles. The molecule has 0 atom stereocenters. The summed E-state index contributed by atoms with van der Waals surface area (Å²) in [6.07, 6.45) is 2.85. The molecule has 0 aliphatic heterocycles. The van der Waals surface area contributed by atoms with Crippen LogP contribution < -0.4 is 15.6 Å². The number of hydrogen-bond acceptors (Lipinski definition) is 4. The second-order valence-corrected chi connectivity index (χ2v) is 5.68. The monoisotopic (exact) mass is 324 g/mol. The van der Waals surface area contributed by atoms with Crippen LogP contribution in [-0.4, -0.2) is 32.8 Å². The van der Waals surface area contributed by atoms with Gasteiger partial charge in [0, 0.05) is 38.4 Å². The second-order valence-electron chi connectivity index (χ2n) is 5.68. The highest BCUT2D eigenvalue weighted by atomic mass is 16.2. The first kappa shape index (κ1) is 17.5. The average Bonchev–Trinajstić information content (AvgIpc) is 2.60. The number of carbonyl (C=O) groups excluding carboxylic acids is 1. The Morgan fingerprint density at radius 2 is 1.79 bits per heavy atom. The summed E-state index contributed by atoms with van der Waals surface area (Å²) in [4.78, 5) is 13.8. The van der Waals surface area contributed by atoms with E-state index in [1.807, 2.05) is 73.6 Å². The third-order valence-electron chi connectivity index (χ3n) is 3.50. The van der Waals surface area contributed by atoms with E-state index in [9.17, 15) is 4.79 Å². The van der Waals surface area contributed by atoms with Crippen molar-refractivity contribution in [3.8, 4) is 0 Å². The standard InChI is InChI=1S/C19H24N4O/c1-23(2)18-12-10-16(11-13-18)15-21-22-19(24)9-6-14-20-17-7-4-3-5-8-17/h3-5,7-8,10-13,15,20H,6,9,14H2,1-2H3,(H,22,24). The molecule has 5 nitrogen and oxygen atoms in total. The number of nitrogens with zero attached hydrogens (tertiary/aromatic N) is 2. The highest BCUT2D eigenvalue weighted by molar-refractivity contribution is 5.82. The quantitative estimate of drug-likeness (QED) is 0.446. The van der Waals surface area contributed by atoms with E-state index in [1.165, 1.54) is 0 Å². The van der Waals surface area contributed by atoms with Gasteiger partial charge in [0.1, 0.15) is 0 Å². The lowest BCUT2D eigenvalue weighted by Crippen LogP contribution is -2.18. The molecule has 0 spiro atoms. The van der Waals surface area contributed by atoms with Gasteiger partial charge in [-0.15, -0.1) is 0 Å². The van der Waals surface area contributed by atoms with Crippen molar-refractivity contribution >= 4 is 23.5 Å². The number of rotatable bonds is 8. The van der Waals surface area contributed by atoms with Crippen molar-refractivity contribution in [2.45, 2.75) is 12.8 Å². The van der Waals surface area contributed by atoms with Crippen molar-refractivity contribution < 1.29 is 4.79 Å². The van der Waals surface area contributed by atoms with Crippen molar-refractivity contribution in [2.75, 3.05) is 30.9 Å². The predicted molar refractivity (Wildman–Crippen MR) is 101 cm³/mol. The summed E-state index contributed by atoms with van der Waals surface area (Å²) >= 11 is 0. The summed E-state index contributed by atoms with van der Waals surface area (Å²) in [5.74, 6) is -0.0778. The van der Waals surface area contributed by atoms with Crippen LogP contribution in [0.15, 0.2) is 59.7 Å². The van der Waals surface area contributed by atoms with Crippen LogP contribution >= 0.6 is 0 Å². The van der Waals surface area contributed by atoms with Crippen LogP contribution in [0.4, 0.5) is 11.4 Å². The molecule has 2 aromatic carbocycles. The summed E-state index contributed by atoms with van der Waals surface area (Å²) in [6.45, 7) is 0.757. The first-order valence-electron chi connectivity index (χ1n) is 8.03. The van der Waals surface area contributed by atoms with Crippen molar-refractivity contribution in [1.82, 2.24) is 5.43 Å². The molecule has 0 radical (unpaired) electrons. The molecule has 24 heavy (non-hydrogen) atoms. The smallest absolute Gasteiger partial charge is 0.240 e. The molecule has 0 aromatic heterocycles. The zero-order chi connectivity index (χ0) is 17.2. The lowest BCUT2D eigenvalue weighted by atomic mass is 10.2. The molecule has 0 aliphatic carbocycles. The normalized spacial score (nSPS) is 10.6. The van der Waals surface area contributed by atoms with E-state index in [1.54, 1.807) is 6.21 Å². The van der Waals surface area contributed by atoms with Crippen molar-refractivity contribution in [2.24, 2.45) is 5.10 Å². The second kappa shape index (κ2) is 9.35. The van der Waals surface area contributed by atoms with Gasteiger partial charge in [0.2, 0.25) is 5.91 Å². The van der Waals surface area contributed by atoms with Gasteiger partial charge in [0.15, 0.2) is 0 Å². The van der Waals surface area contributed by atoms with Crippen LogP contribution in [-0.2, 0) is 4.79 Å². The van der Waals surface area contributed by atoms with Gasteiger partial charge in [0.25, 0.3) is 0 Å².